The van der Waals surface area contributed by atoms with E-state index in [1.165, 1.54) is 18.9 Å². The normalized spacial score (nSPS) is 15.6. The summed E-state index contributed by atoms with van der Waals surface area (Å²) in [4.78, 5) is 7.24. The molecule has 2 aromatic rings. The summed E-state index contributed by atoms with van der Waals surface area (Å²) in [5, 5.41) is 3.30. The molecule has 1 saturated carbocycles. The van der Waals surface area contributed by atoms with E-state index in [2.05, 4.69) is 15.3 Å². The minimum Gasteiger partial charge on any atom is -0.341 e. The summed E-state index contributed by atoms with van der Waals surface area (Å²) in [5.74, 6) is 0.740. The molecule has 1 aromatic heterocycles. The molecule has 3 rings (SSSR count). The molecular formula is C14H14F3N3. The average molecular weight is 281 g/mol. The average Bonchev–Trinajstić information content (AvgIpc) is 3.12. The molecule has 1 aliphatic rings. The van der Waals surface area contributed by atoms with Gasteiger partial charge in [-0.2, -0.15) is 13.2 Å². The smallest absolute Gasteiger partial charge is 0.341 e. The van der Waals surface area contributed by atoms with Crippen LogP contribution in [-0.2, 0) is 12.7 Å². The van der Waals surface area contributed by atoms with Crippen molar-refractivity contribution >= 4 is 0 Å². The first-order valence-corrected chi connectivity index (χ1v) is 6.47. The molecule has 0 aliphatic heterocycles. The Labute approximate surface area is 114 Å². The number of nitrogens with zero attached hydrogens (tertiary/aromatic N) is 1. The fraction of sp³-hybridized carbons (Fsp3) is 0.357. The number of hydrogen-bond acceptors (Lipinski definition) is 2. The van der Waals surface area contributed by atoms with Crippen LogP contribution in [0.15, 0.2) is 30.5 Å². The van der Waals surface area contributed by atoms with Crippen LogP contribution in [0.2, 0.25) is 0 Å². The minimum atomic E-state index is -4.33. The first-order valence-electron chi connectivity index (χ1n) is 6.47. The van der Waals surface area contributed by atoms with Gasteiger partial charge in [-0.05, 0) is 25.0 Å². The number of halogens is 3. The highest BCUT2D eigenvalue weighted by Crippen LogP contribution is 2.31. The first-order chi connectivity index (χ1) is 9.52. The molecule has 1 heterocycles. The lowest BCUT2D eigenvalue weighted by molar-refractivity contribution is -0.137. The van der Waals surface area contributed by atoms with Crippen LogP contribution in [0.3, 0.4) is 0 Å². The molecule has 0 unspecified atom stereocenters. The zero-order valence-electron chi connectivity index (χ0n) is 10.7. The van der Waals surface area contributed by atoms with Gasteiger partial charge in [0.25, 0.3) is 0 Å². The zero-order chi connectivity index (χ0) is 14.2. The Bertz CT molecular complexity index is 600. The zero-order valence-corrected chi connectivity index (χ0v) is 10.7. The molecule has 20 heavy (non-hydrogen) atoms. The molecule has 0 spiro atoms. The third-order valence-electron chi connectivity index (χ3n) is 3.26. The molecule has 1 aromatic carbocycles. The summed E-state index contributed by atoms with van der Waals surface area (Å²) in [6, 6.07) is 5.81. The highest BCUT2D eigenvalue weighted by atomic mass is 19.4. The molecule has 1 fully saturated rings. The van der Waals surface area contributed by atoms with Crippen LogP contribution >= 0.6 is 0 Å². The molecule has 0 bridgehead atoms. The number of nitrogens with one attached hydrogen (secondary N) is 2. The molecular weight excluding hydrogens is 267 g/mol. The number of benzene rings is 1. The number of hydrogen-bond donors (Lipinski definition) is 2. The standard InChI is InChI=1S/C14H14F3N3/c15-14(16,17)10-3-1-2-9(6-10)12-7-19-13(20-12)8-18-11-4-5-11/h1-3,6-7,11,18H,4-5,8H2,(H,19,20). The van der Waals surface area contributed by atoms with Gasteiger partial charge >= 0.3 is 6.18 Å². The summed E-state index contributed by atoms with van der Waals surface area (Å²) in [5.41, 5.74) is 0.441. The summed E-state index contributed by atoms with van der Waals surface area (Å²) >= 11 is 0. The van der Waals surface area contributed by atoms with E-state index in [9.17, 15) is 13.2 Å². The molecule has 0 amide bonds. The minimum absolute atomic E-state index is 0.491. The largest absolute Gasteiger partial charge is 0.416 e. The fourth-order valence-electron chi connectivity index (χ4n) is 1.99. The van der Waals surface area contributed by atoms with Gasteiger partial charge < -0.3 is 10.3 Å². The van der Waals surface area contributed by atoms with Gasteiger partial charge in [0, 0.05) is 11.6 Å². The molecule has 0 atom stereocenters. The lowest BCUT2D eigenvalue weighted by Crippen LogP contribution is -2.16. The van der Waals surface area contributed by atoms with Gasteiger partial charge in [0.05, 0.1) is 24.0 Å². The van der Waals surface area contributed by atoms with E-state index >= 15 is 0 Å². The Hall–Kier alpha value is -1.82. The van der Waals surface area contributed by atoms with Crippen LogP contribution in [0.25, 0.3) is 11.3 Å². The van der Waals surface area contributed by atoms with Crippen molar-refractivity contribution in [3.8, 4) is 11.3 Å². The lowest BCUT2D eigenvalue weighted by Gasteiger charge is -2.07. The Morgan fingerprint density at radius 3 is 2.80 bits per heavy atom. The third kappa shape index (κ3) is 3.01. The molecule has 3 nitrogen and oxygen atoms in total. The third-order valence-corrected chi connectivity index (χ3v) is 3.26. The van der Waals surface area contributed by atoms with Crippen LogP contribution in [0.4, 0.5) is 13.2 Å². The lowest BCUT2D eigenvalue weighted by atomic mass is 10.1. The van der Waals surface area contributed by atoms with Crippen LogP contribution in [0, 0.1) is 0 Å². The van der Waals surface area contributed by atoms with E-state index in [0.717, 1.165) is 18.0 Å². The molecule has 2 N–H and O–H groups in total. The fourth-order valence-corrected chi connectivity index (χ4v) is 1.99. The maximum Gasteiger partial charge on any atom is 0.416 e. The summed E-state index contributed by atoms with van der Waals surface area (Å²) < 4.78 is 38.0. The van der Waals surface area contributed by atoms with Crippen molar-refractivity contribution < 1.29 is 13.2 Å². The van der Waals surface area contributed by atoms with Crippen molar-refractivity contribution in [2.24, 2.45) is 0 Å². The van der Waals surface area contributed by atoms with Crippen LogP contribution in [-0.4, -0.2) is 16.0 Å². The van der Waals surface area contributed by atoms with Gasteiger partial charge in [-0.25, -0.2) is 4.98 Å². The van der Waals surface area contributed by atoms with E-state index in [0.29, 0.717) is 23.8 Å². The van der Waals surface area contributed by atoms with E-state index in [1.54, 1.807) is 12.3 Å². The van der Waals surface area contributed by atoms with Crippen molar-refractivity contribution in [2.45, 2.75) is 31.6 Å². The van der Waals surface area contributed by atoms with Crippen LogP contribution in [0.5, 0.6) is 0 Å². The summed E-state index contributed by atoms with van der Waals surface area (Å²) in [6.45, 7) is 0.615. The van der Waals surface area contributed by atoms with Crippen LogP contribution in [0.1, 0.15) is 24.2 Å². The molecule has 106 valence electrons. The van der Waals surface area contributed by atoms with E-state index < -0.39 is 11.7 Å². The van der Waals surface area contributed by atoms with Crippen molar-refractivity contribution in [3.05, 3.63) is 41.9 Å². The van der Waals surface area contributed by atoms with E-state index in [-0.39, 0.29) is 0 Å². The second-order valence-corrected chi connectivity index (χ2v) is 4.98. The second kappa shape index (κ2) is 4.94. The monoisotopic (exact) mass is 281 g/mol. The summed E-state index contributed by atoms with van der Waals surface area (Å²) in [6.07, 6.45) is -0.395. The Balaban J connectivity index is 1.78. The molecule has 1 aliphatic carbocycles. The number of rotatable bonds is 4. The Kier molecular flexibility index (Phi) is 3.25. The summed E-state index contributed by atoms with van der Waals surface area (Å²) in [7, 11) is 0. The maximum atomic E-state index is 12.7. The quantitative estimate of drug-likeness (QED) is 0.902. The van der Waals surface area contributed by atoms with E-state index in [1.807, 2.05) is 0 Å². The van der Waals surface area contributed by atoms with Crippen molar-refractivity contribution in [2.75, 3.05) is 0 Å². The molecule has 0 saturated heterocycles. The second-order valence-electron chi connectivity index (χ2n) is 4.98. The molecule has 0 radical (unpaired) electrons. The predicted octanol–water partition coefficient (Wildman–Crippen LogP) is 3.35. The first kappa shape index (κ1) is 13.2. The number of aromatic nitrogens is 2. The van der Waals surface area contributed by atoms with Gasteiger partial charge in [0.2, 0.25) is 0 Å². The van der Waals surface area contributed by atoms with Crippen molar-refractivity contribution in [1.29, 1.82) is 0 Å². The van der Waals surface area contributed by atoms with Gasteiger partial charge in [0.15, 0.2) is 0 Å². The topological polar surface area (TPSA) is 40.7 Å². The highest BCUT2D eigenvalue weighted by Gasteiger charge is 2.30. The van der Waals surface area contributed by atoms with Crippen LogP contribution < -0.4 is 5.32 Å². The predicted molar refractivity (Wildman–Crippen MR) is 68.9 cm³/mol. The van der Waals surface area contributed by atoms with E-state index in [4.69, 9.17) is 0 Å². The Morgan fingerprint density at radius 1 is 1.30 bits per heavy atom. The maximum absolute atomic E-state index is 12.7. The van der Waals surface area contributed by atoms with Crippen molar-refractivity contribution in [3.63, 3.8) is 0 Å². The number of imidazole rings is 1. The SMILES string of the molecule is FC(F)(F)c1cccc(-c2cnc(CNC3CC3)[nH]2)c1. The number of aromatic amines is 1. The number of alkyl halides is 3. The van der Waals surface area contributed by atoms with Crippen molar-refractivity contribution in [1.82, 2.24) is 15.3 Å². The van der Waals surface area contributed by atoms with Gasteiger partial charge in [0.1, 0.15) is 5.82 Å². The van der Waals surface area contributed by atoms with Gasteiger partial charge in [-0.3, -0.25) is 0 Å². The van der Waals surface area contributed by atoms with Gasteiger partial charge in [-0.15, -0.1) is 0 Å². The van der Waals surface area contributed by atoms with Gasteiger partial charge in [-0.1, -0.05) is 12.1 Å². The Morgan fingerprint density at radius 2 is 2.10 bits per heavy atom. The highest BCUT2D eigenvalue weighted by molar-refractivity contribution is 5.59. The number of H-pyrrole nitrogens is 1. The molecule has 6 heteroatoms.